The zero-order valence-corrected chi connectivity index (χ0v) is 16.4. The maximum absolute atomic E-state index is 12.1. The van der Waals surface area contributed by atoms with Crippen LogP contribution in [0.3, 0.4) is 0 Å². The summed E-state index contributed by atoms with van der Waals surface area (Å²) in [7, 11) is 1.43. The first-order valence-corrected chi connectivity index (χ1v) is 9.47. The van der Waals surface area contributed by atoms with E-state index >= 15 is 0 Å². The molecular weight excluding hydrogens is 372 g/mol. The van der Waals surface area contributed by atoms with E-state index in [1.807, 2.05) is 36.4 Å². The maximum atomic E-state index is 12.1. The van der Waals surface area contributed by atoms with Gasteiger partial charge in [0.15, 0.2) is 0 Å². The molecular formula is C22H24N2O5. The van der Waals surface area contributed by atoms with Crippen molar-refractivity contribution in [2.24, 2.45) is 0 Å². The van der Waals surface area contributed by atoms with Crippen LogP contribution in [0.1, 0.15) is 30.4 Å². The summed E-state index contributed by atoms with van der Waals surface area (Å²) in [6, 6.07) is 15.2. The number of alkyl carbamates (subject to hydrolysis) is 1. The van der Waals surface area contributed by atoms with Crippen molar-refractivity contribution in [1.29, 1.82) is 0 Å². The standard InChI is InChI=1S/C22H24N2O5/c1-14(21(26)27)24(2)20(25)11-12-23-22(28)29-13-19-17-9-5-3-7-15(17)16-8-4-6-10-18(16)19/h3-10,14,19H,11-13H2,1-2H3,(H,23,28)(H,26,27)/t14-/m0/s1. The second kappa shape index (κ2) is 8.77. The number of carbonyl (C=O) groups excluding carboxylic acids is 2. The third-order valence-electron chi connectivity index (χ3n) is 5.28. The molecule has 7 nitrogen and oxygen atoms in total. The zero-order chi connectivity index (χ0) is 21.0. The first-order chi connectivity index (χ1) is 13.9. The molecule has 0 heterocycles. The smallest absolute Gasteiger partial charge is 0.407 e. The minimum Gasteiger partial charge on any atom is -0.480 e. The Morgan fingerprint density at radius 1 is 1.07 bits per heavy atom. The van der Waals surface area contributed by atoms with Crippen LogP contribution < -0.4 is 5.32 Å². The summed E-state index contributed by atoms with van der Waals surface area (Å²) in [5, 5.41) is 11.5. The molecule has 0 spiro atoms. The first kappa shape index (κ1) is 20.4. The Kier molecular flexibility index (Phi) is 6.16. The van der Waals surface area contributed by atoms with Gasteiger partial charge in [-0.1, -0.05) is 48.5 Å². The summed E-state index contributed by atoms with van der Waals surface area (Å²) in [4.78, 5) is 36.1. The Morgan fingerprint density at radius 3 is 2.17 bits per heavy atom. The minimum atomic E-state index is -1.08. The monoisotopic (exact) mass is 396 g/mol. The molecule has 7 heteroatoms. The fourth-order valence-electron chi connectivity index (χ4n) is 3.48. The molecule has 0 unspecified atom stereocenters. The van der Waals surface area contributed by atoms with Gasteiger partial charge in [0, 0.05) is 25.9 Å². The SMILES string of the molecule is C[C@@H](C(=O)O)N(C)C(=O)CCNC(=O)OCC1c2ccccc2-c2ccccc21. The van der Waals surface area contributed by atoms with Crippen molar-refractivity contribution in [2.75, 3.05) is 20.2 Å². The molecule has 152 valence electrons. The number of carboxylic acids is 1. The molecule has 1 aliphatic carbocycles. The molecule has 2 N–H and O–H groups in total. The van der Waals surface area contributed by atoms with Gasteiger partial charge in [-0.3, -0.25) is 4.79 Å². The lowest BCUT2D eigenvalue weighted by atomic mass is 9.98. The number of carbonyl (C=O) groups is 3. The maximum Gasteiger partial charge on any atom is 0.407 e. The predicted molar refractivity (Wildman–Crippen MR) is 108 cm³/mol. The number of benzene rings is 2. The van der Waals surface area contributed by atoms with Gasteiger partial charge in [0.05, 0.1) is 0 Å². The van der Waals surface area contributed by atoms with E-state index in [0.717, 1.165) is 27.2 Å². The number of nitrogens with one attached hydrogen (secondary N) is 1. The van der Waals surface area contributed by atoms with Gasteiger partial charge in [-0.05, 0) is 29.2 Å². The Hall–Kier alpha value is -3.35. The second-order valence-corrected chi connectivity index (χ2v) is 7.02. The van der Waals surface area contributed by atoms with E-state index in [9.17, 15) is 14.4 Å². The van der Waals surface area contributed by atoms with Gasteiger partial charge in [-0.15, -0.1) is 0 Å². The van der Waals surface area contributed by atoms with Crippen LogP contribution in [-0.4, -0.2) is 54.2 Å². The van der Waals surface area contributed by atoms with E-state index < -0.39 is 18.1 Å². The summed E-state index contributed by atoms with van der Waals surface area (Å²) in [5.74, 6) is -1.47. The van der Waals surface area contributed by atoms with E-state index in [1.54, 1.807) is 0 Å². The molecule has 0 aromatic heterocycles. The Bertz CT molecular complexity index is 881. The third-order valence-corrected chi connectivity index (χ3v) is 5.28. The average molecular weight is 396 g/mol. The van der Waals surface area contributed by atoms with Gasteiger partial charge in [0.2, 0.25) is 5.91 Å². The van der Waals surface area contributed by atoms with Gasteiger partial charge in [-0.25, -0.2) is 9.59 Å². The number of likely N-dealkylation sites (N-methyl/N-ethyl adjacent to an activating group) is 1. The molecule has 2 aromatic rings. The summed E-state index contributed by atoms with van der Waals surface area (Å²) in [5.41, 5.74) is 4.55. The molecule has 29 heavy (non-hydrogen) atoms. The summed E-state index contributed by atoms with van der Waals surface area (Å²) in [6.45, 7) is 1.70. The largest absolute Gasteiger partial charge is 0.480 e. The van der Waals surface area contributed by atoms with Crippen LogP contribution in [0.4, 0.5) is 4.79 Å². The number of ether oxygens (including phenoxy) is 1. The minimum absolute atomic E-state index is 0.00167. The lowest BCUT2D eigenvalue weighted by Gasteiger charge is -2.21. The molecule has 0 saturated carbocycles. The van der Waals surface area contributed by atoms with Crippen LogP contribution in [0, 0.1) is 0 Å². The first-order valence-electron chi connectivity index (χ1n) is 9.47. The third kappa shape index (κ3) is 4.39. The number of fused-ring (bicyclic) bond motifs is 3. The predicted octanol–water partition coefficient (Wildman–Crippen LogP) is 2.85. The number of carboxylic acid groups (broad SMARTS) is 1. The molecule has 3 rings (SSSR count). The number of nitrogens with zero attached hydrogens (tertiary/aromatic N) is 1. The lowest BCUT2D eigenvalue weighted by molar-refractivity contribution is -0.148. The van der Waals surface area contributed by atoms with Crippen molar-refractivity contribution < 1.29 is 24.2 Å². The van der Waals surface area contributed by atoms with Crippen LogP contribution in [-0.2, 0) is 14.3 Å². The van der Waals surface area contributed by atoms with Gasteiger partial charge in [0.1, 0.15) is 12.6 Å². The van der Waals surface area contributed by atoms with Crippen molar-refractivity contribution in [3.8, 4) is 11.1 Å². The van der Waals surface area contributed by atoms with Crippen molar-refractivity contribution in [1.82, 2.24) is 10.2 Å². The van der Waals surface area contributed by atoms with Crippen LogP contribution in [0.5, 0.6) is 0 Å². The highest BCUT2D eigenvalue weighted by Gasteiger charge is 2.29. The molecule has 1 aliphatic rings. The number of aliphatic carboxylic acids is 1. The summed E-state index contributed by atoms with van der Waals surface area (Å²) >= 11 is 0. The number of hydrogen-bond acceptors (Lipinski definition) is 4. The van der Waals surface area contributed by atoms with Crippen LogP contribution >= 0.6 is 0 Å². The van der Waals surface area contributed by atoms with Crippen molar-refractivity contribution in [3.05, 3.63) is 59.7 Å². The van der Waals surface area contributed by atoms with Gasteiger partial charge < -0.3 is 20.1 Å². The number of amides is 2. The van der Waals surface area contributed by atoms with E-state index in [1.165, 1.54) is 14.0 Å². The quantitative estimate of drug-likeness (QED) is 0.750. The highest BCUT2D eigenvalue weighted by molar-refractivity contribution is 5.83. The van der Waals surface area contributed by atoms with Crippen LogP contribution in [0.15, 0.2) is 48.5 Å². The summed E-state index contributed by atoms with van der Waals surface area (Å²) in [6.07, 6.45) is -0.605. The van der Waals surface area contributed by atoms with Crippen LogP contribution in [0.25, 0.3) is 11.1 Å². The fourth-order valence-corrected chi connectivity index (χ4v) is 3.48. The molecule has 2 amide bonds. The Labute approximate surface area is 169 Å². The van der Waals surface area contributed by atoms with Gasteiger partial charge in [0.25, 0.3) is 0 Å². The van der Waals surface area contributed by atoms with Crippen molar-refractivity contribution in [3.63, 3.8) is 0 Å². The molecule has 1 atom stereocenters. The topological polar surface area (TPSA) is 95.9 Å². The number of hydrogen-bond donors (Lipinski definition) is 2. The molecule has 0 fully saturated rings. The second-order valence-electron chi connectivity index (χ2n) is 7.02. The number of rotatable bonds is 7. The van der Waals surface area contributed by atoms with E-state index in [0.29, 0.717) is 0 Å². The lowest BCUT2D eigenvalue weighted by Crippen LogP contribution is -2.41. The molecule has 0 saturated heterocycles. The summed E-state index contributed by atoms with van der Waals surface area (Å²) < 4.78 is 5.40. The molecule has 0 aliphatic heterocycles. The normalized spacial score (nSPS) is 13.2. The molecule has 2 aromatic carbocycles. The van der Waals surface area contributed by atoms with Gasteiger partial charge in [-0.2, -0.15) is 0 Å². The van der Waals surface area contributed by atoms with Crippen LogP contribution in [0.2, 0.25) is 0 Å². The Balaban J connectivity index is 1.52. The van der Waals surface area contributed by atoms with Gasteiger partial charge >= 0.3 is 12.1 Å². The Morgan fingerprint density at radius 2 is 1.62 bits per heavy atom. The van der Waals surface area contributed by atoms with Crippen molar-refractivity contribution >= 4 is 18.0 Å². The van der Waals surface area contributed by atoms with E-state index in [2.05, 4.69) is 17.4 Å². The highest BCUT2D eigenvalue weighted by atomic mass is 16.5. The molecule has 0 bridgehead atoms. The highest BCUT2D eigenvalue weighted by Crippen LogP contribution is 2.44. The van der Waals surface area contributed by atoms with E-state index in [-0.39, 0.29) is 31.4 Å². The van der Waals surface area contributed by atoms with Crippen molar-refractivity contribution in [2.45, 2.75) is 25.3 Å². The fraction of sp³-hybridized carbons (Fsp3) is 0.318. The zero-order valence-electron chi connectivity index (χ0n) is 16.4. The van der Waals surface area contributed by atoms with E-state index in [4.69, 9.17) is 9.84 Å². The average Bonchev–Trinajstić information content (AvgIpc) is 3.04. The molecule has 0 radical (unpaired) electrons.